The van der Waals surface area contributed by atoms with Crippen molar-refractivity contribution < 1.29 is 8.42 Å². The van der Waals surface area contributed by atoms with E-state index in [0.29, 0.717) is 11.7 Å². The molecule has 0 amide bonds. The Kier molecular flexibility index (Phi) is 8.94. The molecular formula is C12H27NO2S. The van der Waals surface area contributed by atoms with E-state index in [1.165, 1.54) is 12.8 Å². The van der Waals surface area contributed by atoms with Crippen LogP contribution in [0, 0.1) is 5.92 Å². The van der Waals surface area contributed by atoms with Gasteiger partial charge in [0.1, 0.15) is 9.84 Å². The zero-order valence-corrected chi connectivity index (χ0v) is 11.8. The summed E-state index contributed by atoms with van der Waals surface area (Å²) < 4.78 is 22.7. The van der Waals surface area contributed by atoms with E-state index in [0.717, 1.165) is 25.9 Å². The maximum Gasteiger partial charge on any atom is 0.150 e. The minimum atomic E-state index is -2.77. The van der Waals surface area contributed by atoms with Gasteiger partial charge in [-0.15, -0.1) is 0 Å². The molecule has 0 radical (unpaired) electrons. The molecule has 0 bridgehead atoms. The summed E-state index contributed by atoms with van der Waals surface area (Å²) in [6, 6.07) is 0. The molecule has 0 aliphatic rings. The van der Waals surface area contributed by atoms with E-state index < -0.39 is 9.84 Å². The SMILES string of the molecule is CCCC(CCCS(=O)(=O)CC)CNCC. The van der Waals surface area contributed by atoms with E-state index in [-0.39, 0.29) is 5.75 Å². The molecule has 0 aromatic heterocycles. The molecule has 1 N–H and O–H groups in total. The zero-order chi connectivity index (χ0) is 12.4. The van der Waals surface area contributed by atoms with Crippen LogP contribution in [-0.2, 0) is 9.84 Å². The molecule has 0 aromatic carbocycles. The third kappa shape index (κ3) is 8.11. The molecule has 1 unspecified atom stereocenters. The maximum atomic E-state index is 11.3. The summed E-state index contributed by atoms with van der Waals surface area (Å²) in [4.78, 5) is 0. The second-order valence-electron chi connectivity index (χ2n) is 4.34. The van der Waals surface area contributed by atoms with Crippen molar-refractivity contribution in [3.63, 3.8) is 0 Å². The monoisotopic (exact) mass is 249 g/mol. The molecular weight excluding hydrogens is 222 g/mol. The zero-order valence-electron chi connectivity index (χ0n) is 11.0. The largest absolute Gasteiger partial charge is 0.317 e. The average molecular weight is 249 g/mol. The van der Waals surface area contributed by atoms with Crippen LogP contribution < -0.4 is 5.32 Å². The van der Waals surface area contributed by atoms with Crippen molar-refractivity contribution in [2.75, 3.05) is 24.6 Å². The lowest BCUT2D eigenvalue weighted by molar-refractivity contribution is 0.414. The number of rotatable bonds is 10. The van der Waals surface area contributed by atoms with Crippen LogP contribution in [0.5, 0.6) is 0 Å². The van der Waals surface area contributed by atoms with Crippen LogP contribution in [0.2, 0.25) is 0 Å². The molecule has 1 atom stereocenters. The van der Waals surface area contributed by atoms with Gasteiger partial charge >= 0.3 is 0 Å². The highest BCUT2D eigenvalue weighted by molar-refractivity contribution is 7.91. The van der Waals surface area contributed by atoms with Crippen LogP contribution in [0.3, 0.4) is 0 Å². The van der Waals surface area contributed by atoms with E-state index in [9.17, 15) is 8.42 Å². The number of sulfone groups is 1. The van der Waals surface area contributed by atoms with Crippen molar-refractivity contribution in [2.24, 2.45) is 5.92 Å². The second-order valence-corrected chi connectivity index (χ2v) is 6.81. The highest BCUT2D eigenvalue weighted by Gasteiger charge is 2.11. The first kappa shape index (κ1) is 15.9. The first-order chi connectivity index (χ1) is 7.55. The molecule has 0 saturated heterocycles. The van der Waals surface area contributed by atoms with Gasteiger partial charge in [0.2, 0.25) is 0 Å². The van der Waals surface area contributed by atoms with Crippen molar-refractivity contribution in [1.82, 2.24) is 5.32 Å². The van der Waals surface area contributed by atoms with E-state index in [1.807, 2.05) is 0 Å². The summed E-state index contributed by atoms with van der Waals surface area (Å²) in [6.45, 7) is 8.02. The van der Waals surface area contributed by atoms with E-state index in [2.05, 4.69) is 19.2 Å². The van der Waals surface area contributed by atoms with Crippen LogP contribution in [0.1, 0.15) is 46.5 Å². The number of hydrogen-bond acceptors (Lipinski definition) is 3. The molecule has 3 nitrogen and oxygen atoms in total. The van der Waals surface area contributed by atoms with Gasteiger partial charge in [-0.25, -0.2) is 8.42 Å². The molecule has 0 aromatic rings. The molecule has 4 heteroatoms. The minimum Gasteiger partial charge on any atom is -0.317 e. The van der Waals surface area contributed by atoms with Gasteiger partial charge in [-0.2, -0.15) is 0 Å². The summed E-state index contributed by atoms with van der Waals surface area (Å²) in [7, 11) is -2.77. The van der Waals surface area contributed by atoms with Gasteiger partial charge in [-0.1, -0.05) is 27.2 Å². The third-order valence-electron chi connectivity index (χ3n) is 2.89. The fraction of sp³-hybridized carbons (Fsp3) is 1.00. The van der Waals surface area contributed by atoms with Crippen LogP contribution in [-0.4, -0.2) is 33.0 Å². The average Bonchev–Trinajstić information content (AvgIpc) is 2.25. The predicted molar refractivity (Wildman–Crippen MR) is 70.5 cm³/mol. The molecule has 0 rings (SSSR count). The minimum absolute atomic E-state index is 0.276. The van der Waals surface area contributed by atoms with E-state index in [4.69, 9.17) is 0 Å². The molecule has 0 aliphatic carbocycles. The number of nitrogens with one attached hydrogen (secondary N) is 1. The molecule has 98 valence electrons. The summed E-state index contributed by atoms with van der Waals surface area (Å²) in [5.74, 6) is 1.27. The highest BCUT2D eigenvalue weighted by Crippen LogP contribution is 2.13. The van der Waals surface area contributed by atoms with Crippen molar-refractivity contribution >= 4 is 9.84 Å². The molecule has 0 spiro atoms. The Morgan fingerprint density at radius 1 is 1.12 bits per heavy atom. The fourth-order valence-electron chi connectivity index (χ4n) is 1.84. The van der Waals surface area contributed by atoms with Crippen LogP contribution in [0.25, 0.3) is 0 Å². The van der Waals surface area contributed by atoms with Crippen molar-refractivity contribution in [2.45, 2.75) is 46.5 Å². The van der Waals surface area contributed by atoms with Crippen molar-refractivity contribution in [3.8, 4) is 0 Å². The van der Waals surface area contributed by atoms with Crippen LogP contribution >= 0.6 is 0 Å². The fourth-order valence-corrected chi connectivity index (χ4v) is 2.74. The van der Waals surface area contributed by atoms with Crippen LogP contribution in [0.15, 0.2) is 0 Å². The third-order valence-corrected chi connectivity index (χ3v) is 4.68. The lowest BCUT2D eigenvalue weighted by atomic mass is 9.98. The Hall–Kier alpha value is -0.0900. The Balaban J connectivity index is 3.83. The van der Waals surface area contributed by atoms with Crippen molar-refractivity contribution in [3.05, 3.63) is 0 Å². The summed E-state index contributed by atoms with van der Waals surface area (Å²) in [5.41, 5.74) is 0. The van der Waals surface area contributed by atoms with Crippen LogP contribution in [0.4, 0.5) is 0 Å². The second kappa shape index (κ2) is 8.99. The Labute approximate surface area is 101 Å². The van der Waals surface area contributed by atoms with Gasteiger partial charge < -0.3 is 5.32 Å². The first-order valence-electron chi connectivity index (χ1n) is 6.46. The molecule has 0 aliphatic heterocycles. The molecule has 0 saturated carbocycles. The summed E-state index contributed by atoms with van der Waals surface area (Å²) in [5, 5.41) is 3.35. The van der Waals surface area contributed by atoms with E-state index >= 15 is 0 Å². The summed E-state index contributed by atoms with van der Waals surface area (Å²) >= 11 is 0. The van der Waals surface area contributed by atoms with Gasteiger partial charge in [-0.3, -0.25) is 0 Å². The predicted octanol–water partition coefficient (Wildman–Crippen LogP) is 2.23. The van der Waals surface area contributed by atoms with Gasteiger partial charge in [0, 0.05) is 5.75 Å². The van der Waals surface area contributed by atoms with Gasteiger partial charge in [0.15, 0.2) is 0 Å². The Morgan fingerprint density at radius 3 is 2.31 bits per heavy atom. The molecule has 16 heavy (non-hydrogen) atoms. The molecule has 0 fully saturated rings. The van der Waals surface area contributed by atoms with Gasteiger partial charge in [0.05, 0.1) is 5.75 Å². The van der Waals surface area contributed by atoms with E-state index in [1.54, 1.807) is 6.92 Å². The first-order valence-corrected chi connectivity index (χ1v) is 8.29. The van der Waals surface area contributed by atoms with Gasteiger partial charge in [0.25, 0.3) is 0 Å². The summed E-state index contributed by atoms with van der Waals surface area (Å²) in [6.07, 6.45) is 4.21. The lowest BCUT2D eigenvalue weighted by Gasteiger charge is -2.16. The molecule has 0 heterocycles. The number of hydrogen-bond donors (Lipinski definition) is 1. The Bertz CT molecular complexity index is 250. The van der Waals surface area contributed by atoms with Crippen molar-refractivity contribution in [1.29, 1.82) is 0 Å². The quantitative estimate of drug-likeness (QED) is 0.646. The lowest BCUT2D eigenvalue weighted by Crippen LogP contribution is -2.23. The highest BCUT2D eigenvalue weighted by atomic mass is 32.2. The smallest absolute Gasteiger partial charge is 0.150 e. The topological polar surface area (TPSA) is 46.2 Å². The standard InChI is InChI=1S/C12H27NO2S/c1-4-8-12(11-13-5-2)9-7-10-16(14,15)6-3/h12-13H,4-11H2,1-3H3. The Morgan fingerprint density at radius 2 is 1.81 bits per heavy atom. The normalized spacial score (nSPS) is 13.9. The van der Waals surface area contributed by atoms with Gasteiger partial charge in [-0.05, 0) is 38.3 Å². The maximum absolute atomic E-state index is 11.3.